The van der Waals surface area contributed by atoms with Crippen molar-refractivity contribution in [1.82, 2.24) is 0 Å². The molecule has 1 fully saturated rings. The number of rotatable bonds is 4. The first-order valence-corrected chi connectivity index (χ1v) is 7.07. The van der Waals surface area contributed by atoms with Gasteiger partial charge in [-0.15, -0.1) is 11.8 Å². The Balaban J connectivity index is 2.57. The number of thioether (sulfide) groups is 1. The fourth-order valence-corrected chi connectivity index (χ4v) is 2.96. The summed E-state index contributed by atoms with van der Waals surface area (Å²) >= 11 is 1.61. The van der Waals surface area contributed by atoms with Crippen molar-refractivity contribution in [2.45, 2.75) is 23.7 Å². The van der Waals surface area contributed by atoms with Gasteiger partial charge in [0.2, 0.25) is 0 Å². The molecule has 2 rings (SSSR count). The molecule has 3 nitrogen and oxygen atoms in total. The first-order valence-electron chi connectivity index (χ1n) is 5.84. The van der Waals surface area contributed by atoms with E-state index in [4.69, 9.17) is 9.47 Å². The monoisotopic (exact) mass is 263 g/mol. The van der Waals surface area contributed by atoms with Crippen molar-refractivity contribution in [1.29, 1.82) is 5.26 Å². The van der Waals surface area contributed by atoms with E-state index >= 15 is 0 Å². The van der Waals surface area contributed by atoms with Crippen LogP contribution in [0.25, 0.3) is 0 Å². The number of nitriles is 1. The molecule has 0 aromatic heterocycles. The minimum atomic E-state index is -0.393. The minimum Gasteiger partial charge on any atom is -0.496 e. The average molecular weight is 263 g/mol. The molecule has 0 saturated heterocycles. The summed E-state index contributed by atoms with van der Waals surface area (Å²) in [6.07, 6.45) is 2.89. The molecule has 0 bridgehead atoms. The van der Waals surface area contributed by atoms with E-state index in [1.165, 1.54) is 0 Å². The summed E-state index contributed by atoms with van der Waals surface area (Å²) in [5, 5.41) is 9.44. The van der Waals surface area contributed by atoms with Gasteiger partial charge in [-0.1, -0.05) is 6.92 Å². The number of nitrogens with zero attached hydrogens (tertiary/aromatic N) is 1. The van der Waals surface area contributed by atoms with Crippen LogP contribution in [0.1, 0.15) is 18.9 Å². The minimum absolute atomic E-state index is 0.376. The van der Waals surface area contributed by atoms with Crippen LogP contribution in [-0.2, 0) is 5.41 Å². The standard InChI is InChI=1S/C14H17NO2S/c1-9-7-14(9,8-15)10-5-12(17-3)13(18-4)6-11(10)16-2/h5-6,9H,7H2,1-4H3. The van der Waals surface area contributed by atoms with Crippen LogP contribution in [0.3, 0.4) is 0 Å². The largest absolute Gasteiger partial charge is 0.496 e. The summed E-state index contributed by atoms with van der Waals surface area (Å²) in [7, 11) is 3.30. The summed E-state index contributed by atoms with van der Waals surface area (Å²) in [5.74, 6) is 1.97. The predicted molar refractivity (Wildman–Crippen MR) is 72.4 cm³/mol. The highest BCUT2D eigenvalue weighted by molar-refractivity contribution is 7.98. The summed E-state index contributed by atoms with van der Waals surface area (Å²) in [4.78, 5) is 1.03. The number of ether oxygens (including phenoxy) is 2. The van der Waals surface area contributed by atoms with Crippen LogP contribution in [-0.4, -0.2) is 20.5 Å². The third-order valence-electron chi connectivity index (χ3n) is 3.70. The molecule has 1 aliphatic rings. The van der Waals surface area contributed by atoms with Crippen molar-refractivity contribution >= 4 is 11.8 Å². The predicted octanol–water partition coefficient (Wildman–Crippen LogP) is 3.23. The zero-order valence-electron chi connectivity index (χ0n) is 11.1. The van der Waals surface area contributed by atoms with E-state index < -0.39 is 5.41 Å². The molecule has 1 aromatic rings. The molecule has 4 heteroatoms. The van der Waals surface area contributed by atoms with Gasteiger partial charge in [0.1, 0.15) is 11.5 Å². The van der Waals surface area contributed by atoms with Gasteiger partial charge >= 0.3 is 0 Å². The Labute approximate surface area is 112 Å². The van der Waals surface area contributed by atoms with Gasteiger partial charge in [-0.2, -0.15) is 5.26 Å². The zero-order valence-corrected chi connectivity index (χ0v) is 11.9. The van der Waals surface area contributed by atoms with Crippen molar-refractivity contribution in [2.75, 3.05) is 20.5 Å². The van der Waals surface area contributed by atoms with Gasteiger partial charge in [-0.25, -0.2) is 0 Å². The van der Waals surface area contributed by atoms with E-state index in [-0.39, 0.29) is 0 Å². The second kappa shape index (κ2) is 4.74. The molecule has 2 atom stereocenters. The maximum absolute atomic E-state index is 9.44. The molecular formula is C14H17NO2S. The topological polar surface area (TPSA) is 42.2 Å². The Hall–Kier alpha value is -1.34. The maximum Gasteiger partial charge on any atom is 0.133 e. The van der Waals surface area contributed by atoms with Crippen molar-refractivity contribution in [3.05, 3.63) is 17.7 Å². The van der Waals surface area contributed by atoms with Crippen LogP contribution >= 0.6 is 11.8 Å². The molecule has 0 amide bonds. The van der Waals surface area contributed by atoms with Crippen LogP contribution in [0.15, 0.2) is 17.0 Å². The van der Waals surface area contributed by atoms with Crippen LogP contribution in [0.2, 0.25) is 0 Å². The van der Waals surface area contributed by atoms with Crippen LogP contribution in [0, 0.1) is 17.2 Å². The maximum atomic E-state index is 9.44. The first kappa shape index (κ1) is 13.1. The summed E-state index contributed by atoms with van der Waals surface area (Å²) in [6, 6.07) is 6.36. The van der Waals surface area contributed by atoms with E-state index in [0.717, 1.165) is 28.4 Å². The number of hydrogen-bond donors (Lipinski definition) is 0. The number of hydrogen-bond acceptors (Lipinski definition) is 4. The molecule has 96 valence electrons. The molecule has 1 aromatic carbocycles. The Morgan fingerprint density at radius 1 is 1.33 bits per heavy atom. The molecular weight excluding hydrogens is 246 g/mol. The molecule has 0 spiro atoms. The lowest BCUT2D eigenvalue weighted by molar-refractivity contribution is 0.388. The summed E-state index contributed by atoms with van der Waals surface area (Å²) < 4.78 is 10.8. The fourth-order valence-electron chi connectivity index (χ4n) is 2.39. The van der Waals surface area contributed by atoms with Crippen molar-refractivity contribution < 1.29 is 9.47 Å². The van der Waals surface area contributed by atoms with Gasteiger partial charge < -0.3 is 9.47 Å². The third-order valence-corrected chi connectivity index (χ3v) is 4.45. The lowest BCUT2D eigenvalue weighted by Gasteiger charge is -2.17. The SMILES string of the molecule is COc1cc(C2(C#N)CC2C)c(OC)cc1SC. The summed E-state index contributed by atoms with van der Waals surface area (Å²) in [6.45, 7) is 2.09. The molecule has 1 saturated carbocycles. The van der Waals surface area contributed by atoms with E-state index in [0.29, 0.717) is 5.92 Å². The Morgan fingerprint density at radius 3 is 2.33 bits per heavy atom. The Kier molecular flexibility index (Phi) is 3.45. The Morgan fingerprint density at radius 2 is 1.94 bits per heavy atom. The van der Waals surface area contributed by atoms with Gasteiger partial charge in [0, 0.05) is 5.56 Å². The average Bonchev–Trinajstić information content (AvgIpc) is 3.08. The normalized spacial score (nSPS) is 25.4. The van der Waals surface area contributed by atoms with Gasteiger partial charge in [0.05, 0.1) is 30.6 Å². The van der Waals surface area contributed by atoms with Gasteiger partial charge in [-0.05, 0) is 30.7 Å². The molecule has 0 aliphatic heterocycles. The number of benzene rings is 1. The highest BCUT2D eigenvalue weighted by Crippen LogP contribution is 2.57. The quantitative estimate of drug-likeness (QED) is 0.782. The van der Waals surface area contributed by atoms with Crippen molar-refractivity contribution in [3.8, 4) is 17.6 Å². The zero-order chi connectivity index (χ0) is 13.3. The van der Waals surface area contributed by atoms with Crippen LogP contribution in [0.4, 0.5) is 0 Å². The fraction of sp³-hybridized carbons (Fsp3) is 0.500. The van der Waals surface area contributed by atoms with E-state index in [2.05, 4.69) is 13.0 Å². The van der Waals surface area contributed by atoms with Crippen LogP contribution in [0.5, 0.6) is 11.5 Å². The molecule has 0 heterocycles. The highest BCUT2D eigenvalue weighted by Gasteiger charge is 2.55. The third kappa shape index (κ3) is 1.83. The molecule has 2 unspecified atom stereocenters. The van der Waals surface area contributed by atoms with E-state index in [9.17, 15) is 5.26 Å². The first-order chi connectivity index (χ1) is 8.62. The van der Waals surface area contributed by atoms with Gasteiger partial charge in [-0.3, -0.25) is 0 Å². The lowest BCUT2D eigenvalue weighted by atomic mass is 9.94. The lowest BCUT2D eigenvalue weighted by Crippen LogP contribution is -2.09. The highest BCUT2D eigenvalue weighted by atomic mass is 32.2. The summed E-state index contributed by atoms with van der Waals surface area (Å²) in [5.41, 5.74) is 0.560. The molecule has 0 N–H and O–H groups in total. The molecule has 1 aliphatic carbocycles. The van der Waals surface area contributed by atoms with E-state index in [1.807, 2.05) is 18.4 Å². The van der Waals surface area contributed by atoms with Crippen LogP contribution < -0.4 is 9.47 Å². The Bertz CT molecular complexity index is 509. The van der Waals surface area contributed by atoms with E-state index in [1.54, 1.807) is 26.0 Å². The number of methoxy groups -OCH3 is 2. The smallest absolute Gasteiger partial charge is 0.133 e. The van der Waals surface area contributed by atoms with Gasteiger partial charge in [0.25, 0.3) is 0 Å². The van der Waals surface area contributed by atoms with Gasteiger partial charge in [0.15, 0.2) is 0 Å². The second-order valence-electron chi connectivity index (χ2n) is 4.60. The molecule has 0 radical (unpaired) electrons. The van der Waals surface area contributed by atoms with Crippen molar-refractivity contribution in [3.63, 3.8) is 0 Å². The second-order valence-corrected chi connectivity index (χ2v) is 5.44. The molecule has 18 heavy (non-hydrogen) atoms. The van der Waals surface area contributed by atoms with Crippen molar-refractivity contribution in [2.24, 2.45) is 5.92 Å².